The third-order valence-electron chi connectivity index (χ3n) is 8.37. The largest absolute Gasteiger partial charge is 0.405 e. The lowest BCUT2D eigenvalue weighted by Gasteiger charge is -2.43. The molecule has 0 aromatic rings. The van der Waals surface area contributed by atoms with Gasteiger partial charge in [-0.25, -0.2) is 0 Å². The summed E-state index contributed by atoms with van der Waals surface area (Å²) in [4.78, 5) is 15.7. The highest BCUT2D eigenvalue weighted by Crippen LogP contribution is 2.46. The molecule has 2 fully saturated rings. The molecule has 8 heteroatoms. The van der Waals surface area contributed by atoms with Crippen LogP contribution in [-0.2, 0) is 23.1 Å². The standard InChI is InChI=1S/C24H45NO5Si2/c1-7-31(8-2,9-3)29-21-19-20(23(26)25-15-13-14-16-25)22(24(21)27-17-18-28-24)30-32(10-4,11-5)12-6/h19,21-22H,7-18H2,1-6H3/t21-,22+/m0/s1. The van der Waals surface area contributed by atoms with E-state index >= 15 is 0 Å². The average Bonchev–Trinajstić information content (AvgIpc) is 3.59. The van der Waals surface area contributed by atoms with Crippen molar-refractivity contribution >= 4 is 22.5 Å². The summed E-state index contributed by atoms with van der Waals surface area (Å²) in [6, 6.07) is 6.17. The summed E-state index contributed by atoms with van der Waals surface area (Å²) in [7, 11) is -3.99. The first-order valence-electron chi connectivity index (χ1n) is 13.0. The van der Waals surface area contributed by atoms with Gasteiger partial charge in [-0.2, -0.15) is 0 Å². The van der Waals surface area contributed by atoms with Crippen LogP contribution < -0.4 is 0 Å². The highest BCUT2D eigenvalue weighted by atomic mass is 28.4. The zero-order valence-corrected chi connectivity index (χ0v) is 23.2. The lowest BCUT2D eigenvalue weighted by atomic mass is 10.1. The summed E-state index contributed by atoms with van der Waals surface area (Å²) in [6.07, 6.45) is 3.27. The molecule has 3 rings (SSSR count). The average molecular weight is 484 g/mol. The molecule has 184 valence electrons. The molecule has 2 aliphatic heterocycles. The first kappa shape index (κ1) is 26.1. The number of likely N-dealkylation sites (tertiary alicyclic amines) is 1. The van der Waals surface area contributed by atoms with Crippen molar-refractivity contribution in [3.8, 4) is 0 Å². The van der Waals surface area contributed by atoms with Gasteiger partial charge in [0.25, 0.3) is 5.91 Å². The van der Waals surface area contributed by atoms with E-state index in [1.807, 2.05) is 11.0 Å². The molecule has 3 aliphatic rings. The molecule has 1 aliphatic carbocycles. The topological polar surface area (TPSA) is 57.2 Å². The van der Waals surface area contributed by atoms with Crippen molar-refractivity contribution in [2.24, 2.45) is 0 Å². The Hall–Kier alpha value is -0.516. The Morgan fingerprint density at radius 2 is 1.38 bits per heavy atom. The van der Waals surface area contributed by atoms with Crippen LogP contribution in [0.5, 0.6) is 0 Å². The minimum atomic E-state index is -2.03. The van der Waals surface area contributed by atoms with Gasteiger partial charge in [0.15, 0.2) is 16.6 Å². The molecule has 0 saturated carbocycles. The summed E-state index contributed by atoms with van der Waals surface area (Å²) in [6.45, 7) is 16.0. The molecule has 2 atom stereocenters. The molecule has 2 saturated heterocycles. The number of hydrogen-bond acceptors (Lipinski definition) is 5. The molecule has 0 N–H and O–H groups in total. The molecule has 0 aromatic heterocycles. The van der Waals surface area contributed by atoms with Crippen LogP contribution in [0.4, 0.5) is 0 Å². The lowest BCUT2D eigenvalue weighted by molar-refractivity contribution is -0.233. The molecule has 0 aromatic carbocycles. The molecule has 0 bridgehead atoms. The van der Waals surface area contributed by atoms with Crippen molar-refractivity contribution in [1.29, 1.82) is 0 Å². The number of carbonyl (C=O) groups excluding carboxylic acids is 1. The third kappa shape index (κ3) is 4.68. The first-order chi connectivity index (χ1) is 15.4. The van der Waals surface area contributed by atoms with Crippen molar-refractivity contribution in [2.75, 3.05) is 26.3 Å². The van der Waals surface area contributed by atoms with Gasteiger partial charge in [0.2, 0.25) is 5.79 Å². The Morgan fingerprint density at radius 1 is 0.906 bits per heavy atom. The number of rotatable bonds is 11. The zero-order valence-electron chi connectivity index (χ0n) is 21.2. The van der Waals surface area contributed by atoms with Gasteiger partial charge >= 0.3 is 0 Å². The van der Waals surface area contributed by atoms with E-state index in [2.05, 4.69) is 41.5 Å². The number of ether oxygens (including phenoxy) is 2. The van der Waals surface area contributed by atoms with Gasteiger partial charge in [0.05, 0.1) is 13.2 Å². The van der Waals surface area contributed by atoms with Crippen molar-refractivity contribution in [2.45, 2.75) is 109 Å². The quantitative estimate of drug-likeness (QED) is 0.384. The van der Waals surface area contributed by atoms with Crippen LogP contribution in [0.3, 0.4) is 0 Å². The van der Waals surface area contributed by atoms with E-state index in [4.69, 9.17) is 18.3 Å². The number of amides is 1. The van der Waals surface area contributed by atoms with Crippen LogP contribution in [0.2, 0.25) is 36.3 Å². The van der Waals surface area contributed by atoms with E-state index < -0.39 is 28.5 Å². The minimum absolute atomic E-state index is 0.0834. The van der Waals surface area contributed by atoms with Crippen molar-refractivity contribution < 1.29 is 23.1 Å². The van der Waals surface area contributed by atoms with E-state index in [1.54, 1.807) is 0 Å². The van der Waals surface area contributed by atoms with Gasteiger partial charge in [-0.15, -0.1) is 0 Å². The van der Waals surface area contributed by atoms with E-state index in [-0.39, 0.29) is 12.0 Å². The molecule has 0 radical (unpaired) electrons. The second-order valence-electron chi connectivity index (χ2n) is 9.56. The fourth-order valence-corrected chi connectivity index (χ4v) is 11.1. The molecule has 2 heterocycles. The second kappa shape index (κ2) is 10.8. The monoisotopic (exact) mass is 483 g/mol. The van der Waals surface area contributed by atoms with Gasteiger partial charge in [0.1, 0.15) is 12.2 Å². The van der Waals surface area contributed by atoms with Crippen LogP contribution in [0.1, 0.15) is 54.4 Å². The summed E-state index contributed by atoms with van der Waals surface area (Å²) >= 11 is 0. The Morgan fingerprint density at radius 3 is 1.84 bits per heavy atom. The van der Waals surface area contributed by atoms with Crippen LogP contribution in [-0.4, -0.2) is 71.7 Å². The van der Waals surface area contributed by atoms with Crippen LogP contribution in [0.15, 0.2) is 11.6 Å². The molecule has 1 spiro atoms. The van der Waals surface area contributed by atoms with Crippen molar-refractivity contribution in [1.82, 2.24) is 4.90 Å². The molecular weight excluding hydrogens is 438 g/mol. The maximum atomic E-state index is 13.7. The predicted molar refractivity (Wildman–Crippen MR) is 133 cm³/mol. The van der Waals surface area contributed by atoms with Crippen LogP contribution >= 0.6 is 0 Å². The molecular formula is C24H45NO5Si2. The first-order valence-corrected chi connectivity index (χ1v) is 18.1. The summed E-state index contributed by atoms with van der Waals surface area (Å²) in [5.74, 6) is -0.944. The Labute approximate surface area is 197 Å². The van der Waals surface area contributed by atoms with Gasteiger partial charge in [0, 0.05) is 18.7 Å². The summed E-state index contributed by atoms with van der Waals surface area (Å²) in [5.41, 5.74) is 0.706. The minimum Gasteiger partial charge on any atom is -0.405 e. The second-order valence-corrected chi connectivity index (χ2v) is 19.0. The Bertz CT molecular complexity index is 649. The summed E-state index contributed by atoms with van der Waals surface area (Å²) in [5, 5.41) is 0. The van der Waals surface area contributed by atoms with E-state index in [0.717, 1.165) is 62.2 Å². The van der Waals surface area contributed by atoms with Gasteiger partial charge < -0.3 is 23.2 Å². The predicted octanol–water partition coefficient (Wildman–Crippen LogP) is 5.07. The van der Waals surface area contributed by atoms with Gasteiger partial charge in [-0.3, -0.25) is 4.79 Å². The molecule has 1 amide bonds. The fraction of sp³-hybridized carbons (Fsp3) is 0.875. The maximum Gasteiger partial charge on any atom is 0.252 e. The van der Waals surface area contributed by atoms with Crippen molar-refractivity contribution in [3.63, 3.8) is 0 Å². The number of hydrogen-bond donors (Lipinski definition) is 0. The summed E-state index contributed by atoms with van der Waals surface area (Å²) < 4.78 is 26.7. The van der Waals surface area contributed by atoms with E-state index in [0.29, 0.717) is 18.8 Å². The highest BCUT2D eigenvalue weighted by Gasteiger charge is 2.61. The third-order valence-corrected chi connectivity index (χ3v) is 17.6. The Balaban J connectivity index is 2.04. The van der Waals surface area contributed by atoms with E-state index in [9.17, 15) is 4.79 Å². The van der Waals surface area contributed by atoms with Gasteiger partial charge in [-0.05, 0) is 55.2 Å². The van der Waals surface area contributed by atoms with Gasteiger partial charge in [-0.1, -0.05) is 41.5 Å². The maximum absolute atomic E-state index is 13.7. The van der Waals surface area contributed by atoms with E-state index in [1.165, 1.54) is 0 Å². The SMILES string of the molecule is CC[Si](CC)(CC)O[C@H]1C=C(C(=O)N2CCCC2)[C@@H](O[Si](CC)(CC)CC)C12OCCO2. The lowest BCUT2D eigenvalue weighted by Crippen LogP contribution is -2.58. The normalized spacial score (nSPS) is 25.7. The fourth-order valence-electron chi connectivity index (χ4n) is 5.56. The Kier molecular flexibility index (Phi) is 8.82. The van der Waals surface area contributed by atoms with Crippen LogP contribution in [0.25, 0.3) is 0 Å². The molecule has 32 heavy (non-hydrogen) atoms. The number of carbonyl (C=O) groups is 1. The van der Waals surface area contributed by atoms with Crippen molar-refractivity contribution in [3.05, 3.63) is 11.6 Å². The molecule has 6 nitrogen and oxygen atoms in total. The number of nitrogens with zero attached hydrogens (tertiary/aromatic N) is 1. The molecule has 0 unspecified atom stereocenters. The zero-order chi connectivity index (χ0) is 23.4. The van der Waals surface area contributed by atoms with Crippen LogP contribution in [0, 0.1) is 0 Å². The smallest absolute Gasteiger partial charge is 0.252 e. The highest BCUT2D eigenvalue weighted by molar-refractivity contribution is 6.74.